The van der Waals surface area contributed by atoms with Crippen LogP contribution < -0.4 is 10.2 Å². The van der Waals surface area contributed by atoms with Gasteiger partial charge in [0.25, 0.3) is 0 Å². The number of rotatable bonds is 4. The van der Waals surface area contributed by atoms with E-state index in [0.29, 0.717) is 0 Å². The molecule has 1 saturated heterocycles. The first kappa shape index (κ1) is 13.7. The third-order valence-corrected chi connectivity index (χ3v) is 5.34. The molecule has 8 heteroatoms. The van der Waals surface area contributed by atoms with E-state index in [0.717, 1.165) is 52.9 Å². The van der Waals surface area contributed by atoms with Gasteiger partial charge in [0, 0.05) is 32.7 Å². The predicted molar refractivity (Wildman–Crippen MR) is 84.9 cm³/mol. The summed E-state index contributed by atoms with van der Waals surface area (Å²) in [6.07, 6.45) is 1.91. The topological polar surface area (TPSA) is 57.2 Å². The molecule has 0 aromatic carbocycles. The Balaban J connectivity index is 1.72. The predicted octanol–water partition coefficient (Wildman–Crippen LogP) is 1.85. The molecule has 0 unspecified atom stereocenters. The number of hydrogen-bond acceptors (Lipinski definition) is 8. The first-order chi connectivity index (χ1) is 9.76. The highest BCUT2D eigenvalue weighted by atomic mass is 32.1. The van der Waals surface area contributed by atoms with E-state index in [2.05, 4.69) is 44.3 Å². The highest BCUT2D eigenvalue weighted by Gasteiger charge is 2.18. The average molecular weight is 310 g/mol. The summed E-state index contributed by atoms with van der Waals surface area (Å²) in [6, 6.07) is 0. The molecule has 2 aromatic heterocycles. The molecule has 0 spiro atoms. The van der Waals surface area contributed by atoms with Crippen LogP contribution in [0.3, 0.4) is 0 Å². The molecule has 0 radical (unpaired) electrons. The summed E-state index contributed by atoms with van der Waals surface area (Å²) in [6.45, 7) is 7.20. The van der Waals surface area contributed by atoms with Gasteiger partial charge in [0.1, 0.15) is 0 Å². The summed E-state index contributed by atoms with van der Waals surface area (Å²) in [5.41, 5.74) is 0. The standard InChI is InChI=1S/C12H18N6S2/c1-3-13-11-16-15-10(20-11)9-8-14-12(19-9)18-6-4-17(2)5-7-18/h8H,3-7H2,1-2H3,(H,13,16). The van der Waals surface area contributed by atoms with Crippen LogP contribution in [-0.4, -0.2) is 59.9 Å². The first-order valence-corrected chi connectivity index (χ1v) is 8.36. The Hall–Kier alpha value is -1.25. The molecule has 2 aromatic rings. The van der Waals surface area contributed by atoms with Crippen LogP contribution in [0.25, 0.3) is 9.88 Å². The van der Waals surface area contributed by atoms with Gasteiger partial charge in [0.15, 0.2) is 10.1 Å². The molecular formula is C12H18N6S2. The Morgan fingerprint density at radius 2 is 2.00 bits per heavy atom. The lowest BCUT2D eigenvalue weighted by Crippen LogP contribution is -2.44. The maximum absolute atomic E-state index is 4.54. The highest BCUT2D eigenvalue weighted by molar-refractivity contribution is 7.25. The van der Waals surface area contributed by atoms with Crippen LogP contribution in [0.15, 0.2) is 6.20 Å². The molecule has 1 aliphatic rings. The van der Waals surface area contributed by atoms with Gasteiger partial charge in [-0.05, 0) is 14.0 Å². The van der Waals surface area contributed by atoms with Crippen LogP contribution >= 0.6 is 22.7 Å². The summed E-state index contributed by atoms with van der Waals surface area (Å²) >= 11 is 3.28. The van der Waals surface area contributed by atoms with E-state index in [-0.39, 0.29) is 0 Å². The zero-order chi connectivity index (χ0) is 13.9. The molecular weight excluding hydrogens is 292 g/mol. The minimum Gasteiger partial charge on any atom is -0.360 e. The summed E-state index contributed by atoms with van der Waals surface area (Å²) in [4.78, 5) is 10.3. The number of hydrogen-bond donors (Lipinski definition) is 1. The Kier molecular flexibility index (Phi) is 4.13. The molecule has 1 aliphatic heterocycles. The minimum atomic E-state index is 0.865. The Morgan fingerprint density at radius 3 is 2.75 bits per heavy atom. The van der Waals surface area contributed by atoms with Gasteiger partial charge in [-0.25, -0.2) is 4.98 Å². The van der Waals surface area contributed by atoms with Crippen LogP contribution in [0.2, 0.25) is 0 Å². The summed E-state index contributed by atoms with van der Waals surface area (Å²) in [7, 11) is 2.16. The normalized spacial score (nSPS) is 16.6. The molecule has 0 amide bonds. The molecule has 108 valence electrons. The third-order valence-electron chi connectivity index (χ3n) is 3.23. The fourth-order valence-corrected chi connectivity index (χ4v) is 3.87. The zero-order valence-corrected chi connectivity index (χ0v) is 13.3. The number of aromatic nitrogens is 3. The van der Waals surface area contributed by atoms with Crippen molar-refractivity contribution in [3.63, 3.8) is 0 Å². The van der Waals surface area contributed by atoms with E-state index in [4.69, 9.17) is 0 Å². The number of anilines is 2. The molecule has 1 fully saturated rings. The molecule has 20 heavy (non-hydrogen) atoms. The molecule has 3 rings (SSSR count). The Bertz CT molecular complexity index is 558. The van der Waals surface area contributed by atoms with Gasteiger partial charge in [-0.15, -0.1) is 10.2 Å². The van der Waals surface area contributed by atoms with Crippen LogP contribution in [0.4, 0.5) is 10.3 Å². The van der Waals surface area contributed by atoms with Crippen molar-refractivity contribution in [1.82, 2.24) is 20.1 Å². The maximum atomic E-state index is 4.54. The monoisotopic (exact) mass is 310 g/mol. The van der Waals surface area contributed by atoms with Crippen molar-refractivity contribution in [1.29, 1.82) is 0 Å². The van der Waals surface area contributed by atoms with Crippen LogP contribution in [-0.2, 0) is 0 Å². The highest BCUT2D eigenvalue weighted by Crippen LogP contribution is 2.34. The van der Waals surface area contributed by atoms with Crippen molar-refractivity contribution in [2.75, 3.05) is 50.0 Å². The molecule has 0 aliphatic carbocycles. The number of likely N-dealkylation sites (N-methyl/N-ethyl adjacent to an activating group) is 1. The van der Waals surface area contributed by atoms with Crippen molar-refractivity contribution < 1.29 is 0 Å². The number of piperazine rings is 1. The molecule has 0 saturated carbocycles. The van der Waals surface area contributed by atoms with Gasteiger partial charge in [0.05, 0.1) is 11.1 Å². The van der Waals surface area contributed by atoms with Crippen LogP contribution in [0.5, 0.6) is 0 Å². The molecule has 3 heterocycles. The van der Waals surface area contributed by atoms with Gasteiger partial charge < -0.3 is 15.1 Å². The van der Waals surface area contributed by atoms with Crippen molar-refractivity contribution in [2.45, 2.75) is 6.92 Å². The molecule has 0 bridgehead atoms. The molecule has 6 nitrogen and oxygen atoms in total. The lowest BCUT2D eigenvalue weighted by Gasteiger charge is -2.32. The van der Waals surface area contributed by atoms with Gasteiger partial charge in [-0.1, -0.05) is 22.7 Å². The number of thiazole rings is 1. The minimum absolute atomic E-state index is 0.865. The van der Waals surface area contributed by atoms with E-state index >= 15 is 0 Å². The van der Waals surface area contributed by atoms with E-state index in [1.807, 2.05) is 6.20 Å². The number of nitrogens with one attached hydrogen (secondary N) is 1. The molecule has 0 atom stereocenters. The van der Waals surface area contributed by atoms with Crippen LogP contribution in [0.1, 0.15) is 6.92 Å². The van der Waals surface area contributed by atoms with E-state index in [1.165, 1.54) is 0 Å². The van der Waals surface area contributed by atoms with Gasteiger partial charge >= 0.3 is 0 Å². The van der Waals surface area contributed by atoms with Crippen molar-refractivity contribution in [3.8, 4) is 9.88 Å². The Morgan fingerprint density at radius 1 is 1.20 bits per heavy atom. The van der Waals surface area contributed by atoms with Crippen LogP contribution in [0, 0.1) is 0 Å². The second-order valence-electron chi connectivity index (χ2n) is 4.74. The van der Waals surface area contributed by atoms with E-state index < -0.39 is 0 Å². The third kappa shape index (κ3) is 2.92. The SMILES string of the molecule is CCNc1nnc(-c2cnc(N3CCN(C)CC3)s2)s1. The molecule has 1 N–H and O–H groups in total. The maximum Gasteiger partial charge on any atom is 0.206 e. The van der Waals surface area contributed by atoms with Gasteiger partial charge in [-0.2, -0.15) is 0 Å². The largest absolute Gasteiger partial charge is 0.360 e. The average Bonchev–Trinajstić information content (AvgIpc) is 3.08. The lowest BCUT2D eigenvalue weighted by molar-refractivity contribution is 0.313. The second-order valence-corrected chi connectivity index (χ2v) is 6.73. The van der Waals surface area contributed by atoms with E-state index in [9.17, 15) is 0 Å². The fourth-order valence-electron chi connectivity index (χ4n) is 2.05. The lowest BCUT2D eigenvalue weighted by atomic mass is 10.3. The quantitative estimate of drug-likeness (QED) is 0.930. The number of nitrogens with zero attached hydrogens (tertiary/aromatic N) is 5. The smallest absolute Gasteiger partial charge is 0.206 e. The fraction of sp³-hybridized carbons (Fsp3) is 0.583. The van der Waals surface area contributed by atoms with Gasteiger partial charge in [0.2, 0.25) is 5.13 Å². The summed E-state index contributed by atoms with van der Waals surface area (Å²) < 4.78 is 0. The second kappa shape index (κ2) is 6.02. The summed E-state index contributed by atoms with van der Waals surface area (Å²) in [5.74, 6) is 0. The Labute approximate surface area is 126 Å². The zero-order valence-electron chi connectivity index (χ0n) is 11.7. The van der Waals surface area contributed by atoms with E-state index in [1.54, 1.807) is 22.7 Å². The van der Waals surface area contributed by atoms with Crippen molar-refractivity contribution >= 4 is 32.9 Å². The van der Waals surface area contributed by atoms with Gasteiger partial charge in [-0.3, -0.25) is 0 Å². The van der Waals surface area contributed by atoms with Crippen molar-refractivity contribution in [2.24, 2.45) is 0 Å². The van der Waals surface area contributed by atoms with Crippen molar-refractivity contribution in [3.05, 3.63) is 6.20 Å². The first-order valence-electron chi connectivity index (χ1n) is 6.73. The summed E-state index contributed by atoms with van der Waals surface area (Å²) in [5, 5.41) is 14.4.